The fourth-order valence-corrected chi connectivity index (χ4v) is 3.17. The summed E-state index contributed by atoms with van der Waals surface area (Å²) in [4.78, 5) is 13.0. The van der Waals surface area contributed by atoms with Crippen molar-refractivity contribution in [2.75, 3.05) is 18.5 Å². The van der Waals surface area contributed by atoms with Crippen LogP contribution in [0.25, 0.3) is 0 Å². The number of hydrogen-bond donors (Lipinski definition) is 1. The van der Waals surface area contributed by atoms with E-state index in [1.807, 2.05) is 0 Å². The largest absolute Gasteiger partial charge is 0.573 e. The van der Waals surface area contributed by atoms with Gasteiger partial charge in [-0.3, -0.25) is 4.79 Å². The Morgan fingerprint density at radius 1 is 1.07 bits per heavy atom. The normalized spacial score (nSPS) is 16.6. The van der Waals surface area contributed by atoms with Gasteiger partial charge in [0.15, 0.2) is 0 Å². The molecule has 0 aromatic heterocycles. The van der Waals surface area contributed by atoms with Gasteiger partial charge in [0.1, 0.15) is 11.6 Å². The van der Waals surface area contributed by atoms with E-state index in [9.17, 15) is 22.4 Å². The molecule has 2 aromatic rings. The molecule has 1 aliphatic rings. The van der Waals surface area contributed by atoms with E-state index in [0.29, 0.717) is 31.6 Å². The van der Waals surface area contributed by atoms with Crippen molar-refractivity contribution < 1.29 is 31.8 Å². The quantitative estimate of drug-likeness (QED) is 0.796. The molecule has 0 bridgehead atoms. The molecule has 0 spiro atoms. The zero-order valence-electron chi connectivity index (χ0n) is 14.2. The van der Waals surface area contributed by atoms with Crippen molar-refractivity contribution in [1.82, 2.24) is 0 Å². The maximum atomic E-state index is 13.7. The van der Waals surface area contributed by atoms with Crippen molar-refractivity contribution in [3.8, 4) is 5.75 Å². The number of nitrogens with one attached hydrogen (secondary N) is 1. The lowest BCUT2D eigenvalue weighted by molar-refractivity contribution is -0.274. The number of ether oxygens (including phenoxy) is 2. The van der Waals surface area contributed by atoms with Crippen LogP contribution in [0.3, 0.4) is 0 Å². The number of alkyl halides is 3. The first-order valence-corrected chi connectivity index (χ1v) is 8.30. The fourth-order valence-electron chi connectivity index (χ4n) is 3.17. The van der Waals surface area contributed by atoms with Crippen LogP contribution in [0.5, 0.6) is 5.75 Å². The van der Waals surface area contributed by atoms with Gasteiger partial charge in [0.2, 0.25) is 5.91 Å². The SMILES string of the molecule is O=C(Nc1cccc(OC(F)(F)F)c1)C1(c2cccc(F)c2)CCOCC1. The maximum Gasteiger partial charge on any atom is 0.573 e. The van der Waals surface area contributed by atoms with E-state index < -0.39 is 29.3 Å². The van der Waals surface area contributed by atoms with E-state index in [0.717, 1.165) is 12.1 Å². The minimum absolute atomic E-state index is 0.156. The number of benzene rings is 2. The van der Waals surface area contributed by atoms with Gasteiger partial charge in [0, 0.05) is 25.0 Å². The molecule has 1 saturated heterocycles. The minimum Gasteiger partial charge on any atom is -0.406 e. The highest BCUT2D eigenvalue weighted by Gasteiger charge is 2.42. The summed E-state index contributed by atoms with van der Waals surface area (Å²) in [7, 11) is 0. The van der Waals surface area contributed by atoms with Gasteiger partial charge in [-0.15, -0.1) is 13.2 Å². The number of anilines is 1. The topological polar surface area (TPSA) is 47.6 Å². The van der Waals surface area contributed by atoms with E-state index in [1.165, 1.54) is 30.3 Å². The molecule has 0 atom stereocenters. The van der Waals surface area contributed by atoms with Crippen molar-refractivity contribution in [3.05, 3.63) is 59.9 Å². The Kier molecular flexibility index (Phi) is 5.36. The second-order valence-corrected chi connectivity index (χ2v) is 6.23. The molecule has 1 aliphatic heterocycles. The lowest BCUT2D eigenvalue weighted by atomic mass is 9.73. The van der Waals surface area contributed by atoms with Crippen LogP contribution in [-0.2, 0) is 14.9 Å². The van der Waals surface area contributed by atoms with Crippen molar-refractivity contribution in [3.63, 3.8) is 0 Å². The highest BCUT2D eigenvalue weighted by molar-refractivity contribution is 5.99. The minimum atomic E-state index is -4.83. The van der Waals surface area contributed by atoms with Gasteiger partial charge in [-0.25, -0.2) is 4.39 Å². The Labute approximate surface area is 153 Å². The van der Waals surface area contributed by atoms with Crippen LogP contribution >= 0.6 is 0 Å². The Hall–Kier alpha value is -2.61. The smallest absolute Gasteiger partial charge is 0.406 e. The summed E-state index contributed by atoms with van der Waals surface area (Å²) in [6.07, 6.45) is -4.16. The molecular weight excluding hydrogens is 366 g/mol. The standard InChI is InChI=1S/C19H17F4NO3/c20-14-4-1-3-13(11-14)18(7-9-26-10-8-18)17(25)24-15-5-2-6-16(12-15)27-19(21,22)23/h1-6,11-12H,7-10H2,(H,24,25). The molecule has 27 heavy (non-hydrogen) atoms. The van der Waals surface area contributed by atoms with E-state index in [2.05, 4.69) is 10.1 Å². The van der Waals surface area contributed by atoms with Crippen LogP contribution < -0.4 is 10.1 Å². The number of hydrogen-bond acceptors (Lipinski definition) is 3. The lowest BCUT2D eigenvalue weighted by Gasteiger charge is -2.36. The molecule has 1 heterocycles. The van der Waals surface area contributed by atoms with Crippen LogP contribution in [0.15, 0.2) is 48.5 Å². The number of carbonyl (C=O) groups excluding carboxylic acids is 1. The third-order valence-corrected chi connectivity index (χ3v) is 4.48. The van der Waals surface area contributed by atoms with Gasteiger partial charge in [0.05, 0.1) is 5.41 Å². The summed E-state index contributed by atoms with van der Waals surface area (Å²) in [5, 5.41) is 2.63. The number of rotatable bonds is 4. The van der Waals surface area contributed by atoms with Crippen molar-refractivity contribution >= 4 is 11.6 Å². The number of carbonyl (C=O) groups is 1. The van der Waals surface area contributed by atoms with E-state index in [4.69, 9.17) is 4.74 Å². The predicted octanol–water partition coefficient (Wildman–Crippen LogP) is 4.41. The van der Waals surface area contributed by atoms with Crippen LogP contribution in [0.1, 0.15) is 18.4 Å². The first kappa shape index (κ1) is 19.2. The van der Waals surface area contributed by atoms with Crippen LogP contribution in [0.2, 0.25) is 0 Å². The average Bonchev–Trinajstić information content (AvgIpc) is 2.61. The molecule has 1 fully saturated rings. The Morgan fingerprint density at radius 3 is 2.44 bits per heavy atom. The van der Waals surface area contributed by atoms with Crippen molar-refractivity contribution in [1.29, 1.82) is 0 Å². The Morgan fingerprint density at radius 2 is 1.78 bits per heavy atom. The highest BCUT2D eigenvalue weighted by atomic mass is 19.4. The molecule has 1 N–H and O–H groups in total. The zero-order chi connectivity index (χ0) is 19.5. The molecule has 8 heteroatoms. The summed E-state index contributed by atoms with van der Waals surface area (Å²) in [6.45, 7) is 0.641. The van der Waals surface area contributed by atoms with E-state index in [-0.39, 0.29) is 5.69 Å². The molecule has 2 aromatic carbocycles. The lowest BCUT2D eigenvalue weighted by Crippen LogP contribution is -2.44. The summed E-state index contributed by atoms with van der Waals surface area (Å²) >= 11 is 0. The van der Waals surface area contributed by atoms with Gasteiger partial charge in [-0.1, -0.05) is 18.2 Å². The second-order valence-electron chi connectivity index (χ2n) is 6.23. The molecule has 1 amide bonds. The molecule has 0 saturated carbocycles. The van der Waals surface area contributed by atoms with Crippen molar-refractivity contribution in [2.24, 2.45) is 0 Å². The molecule has 0 aliphatic carbocycles. The number of halogens is 4. The predicted molar refractivity (Wildman–Crippen MR) is 89.9 cm³/mol. The van der Waals surface area contributed by atoms with Crippen molar-refractivity contribution in [2.45, 2.75) is 24.6 Å². The molecular formula is C19H17F4NO3. The molecule has 3 rings (SSSR count). The van der Waals surface area contributed by atoms with Crippen LogP contribution in [0, 0.1) is 5.82 Å². The molecule has 4 nitrogen and oxygen atoms in total. The third-order valence-electron chi connectivity index (χ3n) is 4.48. The maximum absolute atomic E-state index is 13.7. The van der Waals surface area contributed by atoms with Crippen LogP contribution in [0.4, 0.5) is 23.2 Å². The Balaban J connectivity index is 1.87. The molecule has 144 valence electrons. The second kappa shape index (κ2) is 7.56. The van der Waals surface area contributed by atoms with E-state index in [1.54, 1.807) is 6.07 Å². The number of amides is 1. The van der Waals surface area contributed by atoms with Gasteiger partial charge in [-0.05, 0) is 42.7 Å². The summed E-state index contributed by atoms with van der Waals surface area (Å²) < 4.78 is 60.1. The van der Waals surface area contributed by atoms with Gasteiger partial charge in [0.25, 0.3) is 0 Å². The molecule has 0 radical (unpaired) electrons. The first-order chi connectivity index (χ1) is 12.8. The highest BCUT2D eigenvalue weighted by Crippen LogP contribution is 2.37. The average molecular weight is 383 g/mol. The Bertz CT molecular complexity index is 817. The zero-order valence-corrected chi connectivity index (χ0v) is 14.2. The van der Waals surface area contributed by atoms with Gasteiger partial charge in [-0.2, -0.15) is 0 Å². The van der Waals surface area contributed by atoms with Gasteiger partial charge < -0.3 is 14.8 Å². The molecule has 0 unspecified atom stereocenters. The van der Waals surface area contributed by atoms with Crippen LogP contribution in [-0.4, -0.2) is 25.5 Å². The van der Waals surface area contributed by atoms with Gasteiger partial charge >= 0.3 is 6.36 Å². The fraction of sp³-hybridized carbons (Fsp3) is 0.316. The monoisotopic (exact) mass is 383 g/mol. The van der Waals surface area contributed by atoms with E-state index >= 15 is 0 Å². The summed E-state index contributed by atoms with van der Waals surface area (Å²) in [5.74, 6) is -1.33. The third kappa shape index (κ3) is 4.57. The summed E-state index contributed by atoms with van der Waals surface area (Å²) in [5.41, 5.74) is -0.364. The summed E-state index contributed by atoms with van der Waals surface area (Å²) in [6, 6.07) is 10.8. The first-order valence-electron chi connectivity index (χ1n) is 8.30.